The van der Waals surface area contributed by atoms with Crippen molar-refractivity contribution < 1.29 is 4.74 Å². The van der Waals surface area contributed by atoms with Crippen LogP contribution in [0, 0.1) is 20.8 Å². The third kappa shape index (κ3) is 6.75. The molecule has 2 rings (SSSR count). The van der Waals surface area contributed by atoms with Gasteiger partial charge in [0, 0.05) is 31.4 Å². The molecule has 0 aliphatic rings. The molecule has 0 amide bonds. The number of nitrogens with one attached hydrogen (secondary N) is 2. The number of aromatic nitrogens is 1. The highest BCUT2D eigenvalue weighted by Gasteiger charge is 2.06. The predicted octanol–water partition coefficient (Wildman–Crippen LogP) is 3.65. The SMILES string of the molecule is CN=C(NCCc1nc(C)c(C)s1)NCCc1cc(C)ccc1OC.I. The molecule has 0 aliphatic carbocycles. The maximum atomic E-state index is 5.43. The summed E-state index contributed by atoms with van der Waals surface area (Å²) < 4.78 is 5.43. The number of methoxy groups -OCH3 is 1. The quantitative estimate of drug-likeness (QED) is 0.355. The third-order valence-corrected chi connectivity index (χ3v) is 5.18. The Hall–Kier alpha value is -1.35. The van der Waals surface area contributed by atoms with E-state index >= 15 is 0 Å². The van der Waals surface area contributed by atoms with Crippen molar-refractivity contribution in [3.05, 3.63) is 44.9 Å². The van der Waals surface area contributed by atoms with Gasteiger partial charge < -0.3 is 15.4 Å². The molecule has 0 fully saturated rings. The van der Waals surface area contributed by atoms with Crippen molar-refractivity contribution >= 4 is 41.3 Å². The van der Waals surface area contributed by atoms with Crippen molar-refractivity contribution in [3.63, 3.8) is 0 Å². The van der Waals surface area contributed by atoms with Crippen LogP contribution in [0.15, 0.2) is 23.2 Å². The van der Waals surface area contributed by atoms with Crippen LogP contribution >= 0.6 is 35.3 Å². The van der Waals surface area contributed by atoms with E-state index in [1.165, 1.54) is 21.0 Å². The molecule has 5 nitrogen and oxygen atoms in total. The van der Waals surface area contributed by atoms with Gasteiger partial charge in [0.1, 0.15) is 5.75 Å². The Labute approximate surface area is 177 Å². The first kappa shape index (κ1) is 22.7. The number of benzene rings is 1. The molecule has 0 saturated heterocycles. The van der Waals surface area contributed by atoms with E-state index < -0.39 is 0 Å². The minimum atomic E-state index is 0. The molecule has 7 heteroatoms. The monoisotopic (exact) mass is 488 g/mol. The van der Waals surface area contributed by atoms with Gasteiger partial charge in [-0.3, -0.25) is 4.99 Å². The molecule has 1 aromatic heterocycles. The lowest BCUT2D eigenvalue weighted by atomic mass is 10.1. The lowest BCUT2D eigenvalue weighted by Crippen LogP contribution is -2.39. The molecule has 26 heavy (non-hydrogen) atoms. The molecule has 0 unspecified atom stereocenters. The number of aliphatic imine (C=N–C) groups is 1. The summed E-state index contributed by atoms with van der Waals surface area (Å²) in [6.07, 6.45) is 1.79. The predicted molar refractivity (Wildman–Crippen MR) is 122 cm³/mol. The number of guanidine groups is 1. The summed E-state index contributed by atoms with van der Waals surface area (Å²) in [5.41, 5.74) is 3.58. The number of aryl methyl sites for hydroxylation is 3. The summed E-state index contributed by atoms with van der Waals surface area (Å²) in [5, 5.41) is 7.87. The number of rotatable bonds is 7. The highest BCUT2D eigenvalue weighted by Crippen LogP contribution is 2.19. The fraction of sp³-hybridized carbons (Fsp3) is 0.474. The summed E-state index contributed by atoms with van der Waals surface area (Å²) >= 11 is 1.77. The Balaban J connectivity index is 0.00000338. The molecule has 0 atom stereocenters. The van der Waals surface area contributed by atoms with E-state index in [0.717, 1.165) is 43.3 Å². The van der Waals surface area contributed by atoms with Crippen molar-refractivity contribution in [2.45, 2.75) is 33.6 Å². The molecule has 0 spiro atoms. The van der Waals surface area contributed by atoms with Gasteiger partial charge in [-0.25, -0.2) is 4.98 Å². The first-order valence-electron chi connectivity index (χ1n) is 8.54. The van der Waals surface area contributed by atoms with E-state index in [0.29, 0.717) is 0 Å². The summed E-state index contributed by atoms with van der Waals surface area (Å²) in [6, 6.07) is 6.26. The number of thiazole rings is 1. The second-order valence-electron chi connectivity index (χ2n) is 5.99. The van der Waals surface area contributed by atoms with Crippen molar-refractivity contribution in [1.82, 2.24) is 15.6 Å². The number of halogens is 1. The number of nitrogens with zero attached hydrogens (tertiary/aromatic N) is 2. The second kappa shape index (κ2) is 11.4. The fourth-order valence-corrected chi connectivity index (χ4v) is 3.51. The van der Waals surface area contributed by atoms with E-state index in [4.69, 9.17) is 4.74 Å². The van der Waals surface area contributed by atoms with Gasteiger partial charge in [-0.15, -0.1) is 35.3 Å². The van der Waals surface area contributed by atoms with Crippen LogP contribution in [0.3, 0.4) is 0 Å². The number of hydrogen-bond donors (Lipinski definition) is 2. The molecule has 2 aromatic rings. The average molecular weight is 488 g/mol. The van der Waals surface area contributed by atoms with Crippen molar-refractivity contribution in [2.24, 2.45) is 4.99 Å². The average Bonchev–Trinajstić information content (AvgIpc) is 2.91. The molecule has 0 bridgehead atoms. The Morgan fingerprint density at radius 3 is 2.42 bits per heavy atom. The van der Waals surface area contributed by atoms with Gasteiger partial charge in [-0.2, -0.15) is 0 Å². The first-order valence-corrected chi connectivity index (χ1v) is 9.36. The summed E-state index contributed by atoms with van der Waals surface area (Å²) in [4.78, 5) is 10.1. The van der Waals surface area contributed by atoms with Crippen LogP contribution in [0.2, 0.25) is 0 Å². The largest absolute Gasteiger partial charge is 0.496 e. The molecular formula is C19H29IN4OS. The molecule has 2 N–H and O–H groups in total. The number of hydrogen-bond acceptors (Lipinski definition) is 4. The number of ether oxygens (including phenoxy) is 1. The zero-order chi connectivity index (χ0) is 18.2. The molecule has 0 aliphatic heterocycles. The summed E-state index contributed by atoms with van der Waals surface area (Å²) in [5.74, 6) is 1.75. The molecule has 144 valence electrons. The topological polar surface area (TPSA) is 58.5 Å². The van der Waals surface area contributed by atoms with Gasteiger partial charge in [0.2, 0.25) is 0 Å². The lowest BCUT2D eigenvalue weighted by molar-refractivity contribution is 0.409. The molecule has 0 radical (unpaired) electrons. The van der Waals surface area contributed by atoms with Crippen molar-refractivity contribution in [2.75, 3.05) is 27.2 Å². The van der Waals surface area contributed by atoms with Crippen LogP contribution in [-0.2, 0) is 12.8 Å². The van der Waals surface area contributed by atoms with Crippen LogP contribution in [0.25, 0.3) is 0 Å². The zero-order valence-electron chi connectivity index (χ0n) is 16.2. The fourth-order valence-electron chi connectivity index (χ4n) is 2.57. The Bertz CT molecular complexity index is 711. The Kier molecular flexibility index (Phi) is 9.93. The lowest BCUT2D eigenvalue weighted by Gasteiger charge is -2.13. The smallest absolute Gasteiger partial charge is 0.191 e. The highest BCUT2D eigenvalue weighted by atomic mass is 127. The van der Waals surface area contributed by atoms with Crippen LogP contribution in [0.5, 0.6) is 5.75 Å². The van der Waals surface area contributed by atoms with Crippen molar-refractivity contribution in [1.29, 1.82) is 0 Å². The maximum absolute atomic E-state index is 5.43. The third-order valence-electron chi connectivity index (χ3n) is 4.05. The zero-order valence-corrected chi connectivity index (χ0v) is 19.3. The minimum absolute atomic E-state index is 0. The van der Waals surface area contributed by atoms with E-state index in [1.54, 1.807) is 25.5 Å². The van der Waals surface area contributed by atoms with E-state index in [-0.39, 0.29) is 24.0 Å². The maximum Gasteiger partial charge on any atom is 0.191 e. The first-order chi connectivity index (χ1) is 12.0. The Morgan fingerprint density at radius 1 is 1.15 bits per heavy atom. The van der Waals surface area contributed by atoms with Gasteiger partial charge in [-0.05, 0) is 38.8 Å². The normalized spacial score (nSPS) is 11.0. The van der Waals surface area contributed by atoms with E-state index in [1.807, 2.05) is 6.07 Å². The van der Waals surface area contributed by atoms with Crippen LogP contribution in [0.1, 0.15) is 26.7 Å². The molecule has 1 heterocycles. The van der Waals surface area contributed by atoms with Gasteiger partial charge in [-0.1, -0.05) is 17.7 Å². The van der Waals surface area contributed by atoms with Crippen molar-refractivity contribution in [3.8, 4) is 5.75 Å². The van der Waals surface area contributed by atoms with E-state index in [2.05, 4.69) is 53.5 Å². The van der Waals surface area contributed by atoms with Gasteiger partial charge >= 0.3 is 0 Å². The molecular weight excluding hydrogens is 459 g/mol. The Morgan fingerprint density at radius 2 is 1.85 bits per heavy atom. The summed E-state index contributed by atoms with van der Waals surface area (Å²) in [6.45, 7) is 7.89. The second-order valence-corrected chi connectivity index (χ2v) is 7.28. The van der Waals surface area contributed by atoms with Gasteiger partial charge in [0.15, 0.2) is 5.96 Å². The minimum Gasteiger partial charge on any atom is -0.496 e. The van der Waals surface area contributed by atoms with Crippen LogP contribution in [-0.4, -0.2) is 38.2 Å². The standard InChI is InChI=1S/C19H28N4OS.HI/c1-13-6-7-17(24-5)16(12-13)8-10-21-19(20-4)22-11-9-18-23-14(2)15(3)25-18;/h6-7,12H,8-11H2,1-5H3,(H2,20,21,22);1H. The van der Waals surface area contributed by atoms with Gasteiger partial charge in [0.05, 0.1) is 17.8 Å². The van der Waals surface area contributed by atoms with Crippen LogP contribution < -0.4 is 15.4 Å². The summed E-state index contributed by atoms with van der Waals surface area (Å²) in [7, 11) is 3.50. The van der Waals surface area contributed by atoms with Gasteiger partial charge in [0.25, 0.3) is 0 Å². The van der Waals surface area contributed by atoms with E-state index in [9.17, 15) is 0 Å². The molecule has 1 aromatic carbocycles. The molecule has 0 saturated carbocycles. The highest BCUT2D eigenvalue weighted by molar-refractivity contribution is 14.0. The van der Waals surface area contributed by atoms with Crippen LogP contribution in [0.4, 0.5) is 0 Å².